The predicted molar refractivity (Wildman–Crippen MR) is 182 cm³/mol. The summed E-state index contributed by atoms with van der Waals surface area (Å²) in [5.41, 5.74) is 8.96. The van der Waals surface area contributed by atoms with Crippen LogP contribution in [0.3, 0.4) is 0 Å². The van der Waals surface area contributed by atoms with Gasteiger partial charge in [0.25, 0.3) is 11.8 Å². The molecule has 0 saturated carbocycles. The van der Waals surface area contributed by atoms with E-state index in [9.17, 15) is 9.59 Å². The van der Waals surface area contributed by atoms with Gasteiger partial charge in [0.2, 0.25) is 0 Å². The van der Waals surface area contributed by atoms with Crippen LogP contribution in [0, 0.1) is 13.8 Å². The van der Waals surface area contributed by atoms with E-state index in [-0.39, 0.29) is 18.4 Å². The molecule has 222 valence electrons. The quantitative estimate of drug-likeness (QED) is 0.101. The van der Waals surface area contributed by atoms with Gasteiger partial charge in [-0.25, -0.2) is 10.4 Å². The smallest absolute Gasteiger partial charge is 0.271 e. The van der Waals surface area contributed by atoms with E-state index < -0.39 is 0 Å². The number of thiazole rings is 1. The van der Waals surface area contributed by atoms with Crippen molar-refractivity contribution in [2.75, 3.05) is 17.2 Å². The van der Waals surface area contributed by atoms with Crippen molar-refractivity contribution in [3.05, 3.63) is 122 Å². The molecule has 0 radical (unpaired) electrons. The number of nitrogens with one attached hydrogen (secondary N) is 3. The summed E-state index contributed by atoms with van der Waals surface area (Å²) in [5.74, 6) is -0.216. The molecule has 0 bridgehead atoms. The standard InChI is InChI=1S/C33H27BrClN5O3S/c1-20-3-13-28(21(2)15-20)38-31(41)18-43-30-14-8-25(34)16-24(30)17-36-40-32(42)23-6-4-22(5-7-23)29-19-44-33(39-29)37-27-11-9-26(35)10-12-27/h3-17,19H,18H2,1-2H3,(H,37,39)(H,38,41)(H,40,42)/b36-17-. The summed E-state index contributed by atoms with van der Waals surface area (Å²) in [6, 6.07) is 25.6. The second kappa shape index (κ2) is 14.3. The molecule has 0 fully saturated rings. The van der Waals surface area contributed by atoms with Crippen LogP contribution in [0.4, 0.5) is 16.5 Å². The molecule has 11 heteroatoms. The third-order valence-electron chi connectivity index (χ3n) is 6.40. The molecule has 0 saturated heterocycles. The van der Waals surface area contributed by atoms with Crippen molar-refractivity contribution in [2.45, 2.75) is 13.8 Å². The van der Waals surface area contributed by atoms with Crippen molar-refractivity contribution in [2.24, 2.45) is 5.10 Å². The Bertz CT molecular complexity index is 1820. The van der Waals surface area contributed by atoms with Crippen LogP contribution >= 0.6 is 38.9 Å². The largest absolute Gasteiger partial charge is 0.483 e. The lowest BCUT2D eigenvalue weighted by atomic mass is 10.1. The molecule has 0 aliphatic heterocycles. The molecule has 4 aromatic carbocycles. The highest BCUT2D eigenvalue weighted by Gasteiger charge is 2.11. The Balaban J connectivity index is 1.17. The maximum Gasteiger partial charge on any atom is 0.271 e. The van der Waals surface area contributed by atoms with Gasteiger partial charge in [-0.05, 0) is 80.1 Å². The van der Waals surface area contributed by atoms with Gasteiger partial charge in [0.05, 0.1) is 11.9 Å². The van der Waals surface area contributed by atoms with E-state index in [0.717, 1.165) is 43.4 Å². The Morgan fingerprint density at radius 3 is 2.52 bits per heavy atom. The van der Waals surface area contributed by atoms with Crippen molar-refractivity contribution >= 4 is 73.4 Å². The highest BCUT2D eigenvalue weighted by atomic mass is 79.9. The summed E-state index contributed by atoms with van der Waals surface area (Å²) in [5, 5.41) is 13.6. The van der Waals surface area contributed by atoms with Gasteiger partial charge in [-0.15, -0.1) is 11.3 Å². The molecule has 5 aromatic rings. The number of carbonyl (C=O) groups is 2. The van der Waals surface area contributed by atoms with Gasteiger partial charge in [0, 0.05) is 42.9 Å². The number of ether oxygens (including phenoxy) is 1. The zero-order chi connectivity index (χ0) is 31.1. The van der Waals surface area contributed by atoms with Gasteiger partial charge in [-0.3, -0.25) is 9.59 Å². The summed E-state index contributed by atoms with van der Waals surface area (Å²) in [7, 11) is 0. The zero-order valence-electron chi connectivity index (χ0n) is 23.7. The number of rotatable bonds is 10. The monoisotopic (exact) mass is 687 g/mol. The minimum absolute atomic E-state index is 0.188. The van der Waals surface area contributed by atoms with Crippen LogP contribution in [0.25, 0.3) is 11.3 Å². The van der Waals surface area contributed by atoms with E-state index in [1.807, 2.05) is 73.8 Å². The van der Waals surface area contributed by atoms with Crippen LogP contribution in [0.5, 0.6) is 5.75 Å². The molecule has 0 spiro atoms. The van der Waals surface area contributed by atoms with Crippen molar-refractivity contribution in [3.63, 3.8) is 0 Å². The second-order valence-electron chi connectivity index (χ2n) is 9.78. The fourth-order valence-corrected chi connectivity index (χ4v) is 5.42. The number of aryl methyl sites for hydroxylation is 2. The molecule has 3 N–H and O–H groups in total. The van der Waals surface area contributed by atoms with Crippen LogP contribution in [-0.4, -0.2) is 29.6 Å². The average molecular weight is 689 g/mol. The Morgan fingerprint density at radius 1 is 1.00 bits per heavy atom. The van der Waals surface area contributed by atoms with Gasteiger partial charge >= 0.3 is 0 Å². The fraction of sp³-hybridized carbons (Fsp3) is 0.0909. The number of benzene rings is 4. The van der Waals surface area contributed by atoms with E-state index in [0.29, 0.717) is 21.9 Å². The first-order valence-corrected chi connectivity index (χ1v) is 15.5. The molecule has 8 nitrogen and oxygen atoms in total. The van der Waals surface area contributed by atoms with E-state index in [2.05, 4.69) is 42.1 Å². The molecule has 1 aromatic heterocycles. The van der Waals surface area contributed by atoms with E-state index >= 15 is 0 Å². The van der Waals surface area contributed by atoms with Crippen LogP contribution < -0.4 is 20.8 Å². The zero-order valence-corrected chi connectivity index (χ0v) is 26.9. The Hall–Kier alpha value is -4.51. The van der Waals surface area contributed by atoms with E-state index in [1.54, 1.807) is 30.3 Å². The summed E-state index contributed by atoms with van der Waals surface area (Å²) < 4.78 is 6.57. The number of anilines is 3. The molecular formula is C33H27BrClN5O3S. The van der Waals surface area contributed by atoms with Crippen molar-refractivity contribution < 1.29 is 14.3 Å². The summed E-state index contributed by atoms with van der Waals surface area (Å²) in [4.78, 5) is 29.9. The maximum absolute atomic E-state index is 12.8. The number of hydrogen-bond acceptors (Lipinski definition) is 7. The second-order valence-corrected chi connectivity index (χ2v) is 12.0. The lowest BCUT2D eigenvalue weighted by Gasteiger charge is -2.12. The minimum Gasteiger partial charge on any atom is -0.483 e. The molecule has 0 unspecified atom stereocenters. The van der Waals surface area contributed by atoms with Crippen LogP contribution in [0.1, 0.15) is 27.0 Å². The summed E-state index contributed by atoms with van der Waals surface area (Å²) >= 11 is 10.9. The lowest BCUT2D eigenvalue weighted by Crippen LogP contribution is -2.21. The molecule has 1 heterocycles. The number of halogens is 2. The fourth-order valence-electron chi connectivity index (χ4n) is 4.17. The molecular weight excluding hydrogens is 662 g/mol. The third-order valence-corrected chi connectivity index (χ3v) is 7.90. The van der Waals surface area contributed by atoms with Crippen LogP contribution in [-0.2, 0) is 4.79 Å². The van der Waals surface area contributed by atoms with Gasteiger partial charge < -0.3 is 15.4 Å². The topological polar surface area (TPSA) is 105 Å². The van der Waals surface area contributed by atoms with E-state index in [1.165, 1.54) is 17.6 Å². The first-order valence-electron chi connectivity index (χ1n) is 13.4. The molecule has 0 aliphatic carbocycles. The van der Waals surface area contributed by atoms with Gasteiger partial charge in [-0.2, -0.15) is 5.10 Å². The van der Waals surface area contributed by atoms with Crippen molar-refractivity contribution in [1.82, 2.24) is 10.4 Å². The maximum atomic E-state index is 12.8. The Morgan fingerprint density at radius 2 is 1.77 bits per heavy atom. The van der Waals surface area contributed by atoms with Gasteiger partial charge in [-0.1, -0.05) is 57.4 Å². The first-order chi connectivity index (χ1) is 21.2. The first kappa shape index (κ1) is 30.9. The predicted octanol–water partition coefficient (Wildman–Crippen LogP) is 8.37. The summed E-state index contributed by atoms with van der Waals surface area (Å²) in [6.45, 7) is 3.75. The van der Waals surface area contributed by atoms with E-state index in [4.69, 9.17) is 16.3 Å². The average Bonchev–Trinajstić information content (AvgIpc) is 3.48. The number of hydrazone groups is 1. The summed E-state index contributed by atoms with van der Waals surface area (Å²) in [6.07, 6.45) is 1.47. The SMILES string of the molecule is Cc1ccc(NC(=O)COc2ccc(Br)cc2/C=N\NC(=O)c2ccc(-c3csc(Nc4ccc(Cl)cc4)n3)cc2)c(C)c1. The lowest BCUT2D eigenvalue weighted by molar-refractivity contribution is -0.118. The minimum atomic E-state index is -0.374. The number of hydrogen-bond donors (Lipinski definition) is 3. The highest BCUT2D eigenvalue weighted by Crippen LogP contribution is 2.28. The van der Waals surface area contributed by atoms with Crippen molar-refractivity contribution in [3.8, 4) is 17.0 Å². The highest BCUT2D eigenvalue weighted by molar-refractivity contribution is 9.10. The van der Waals surface area contributed by atoms with Gasteiger partial charge in [0.15, 0.2) is 11.7 Å². The van der Waals surface area contributed by atoms with Gasteiger partial charge in [0.1, 0.15) is 5.75 Å². The number of amides is 2. The normalized spacial score (nSPS) is 10.9. The molecule has 0 aliphatic rings. The van der Waals surface area contributed by atoms with Crippen molar-refractivity contribution in [1.29, 1.82) is 0 Å². The number of nitrogens with zero attached hydrogens (tertiary/aromatic N) is 2. The molecule has 2 amide bonds. The number of aromatic nitrogens is 1. The van der Waals surface area contributed by atoms with Crippen LogP contribution in [0.2, 0.25) is 5.02 Å². The molecule has 5 rings (SSSR count). The Labute approximate surface area is 272 Å². The molecule has 44 heavy (non-hydrogen) atoms. The third kappa shape index (κ3) is 8.31. The van der Waals surface area contributed by atoms with Crippen LogP contribution in [0.15, 0.2) is 99.9 Å². The Kier molecular flexibility index (Phi) is 10.1. The number of carbonyl (C=O) groups excluding carboxylic acids is 2. The molecule has 0 atom stereocenters.